The van der Waals surface area contributed by atoms with Crippen molar-refractivity contribution < 1.29 is 14.6 Å². The molecular weight excluding hydrogens is 524 g/mol. The van der Waals surface area contributed by atoms with Gasteiger partial charge < -0.3 is 24.3 Å². The Hall–Kier alpha value is -5.84. The minimum absolute atomic E-state index is 0.0604. The van der Waals surface area contributed by atoms with Gasteiger partial charge in [-0.15, -0.1) is 0 Å². The van der Waals surface area contributed by atoms with Crippen LogP contribution in [0.25, 0.3) is 0 Å². The van der Waals surface area contributed by atoms with E-state index in [-0.39, 0.29) is 11.4 Å². The second-order valence-electron chi connectivity index (χ2n) is 9.40. The molecule has 2 heterocycles. The summed E-state index contributed by atoms with van der Waals surface area (Å²) in [5.74, 6) is 1.37. The maximum Gasteiger partial charge on any atom is 0.269 e. The van der Waals surface area contributed by atoms with E-state index in [4.69, 9.17) is 4.74 Å². The zero-order valence-electron chi connectivity index (χ0n) is 21.7. The predicted molar refractivity (Wildman–Crippen MR) is 157 cm³/mol. The van der Waals surface area contributed by atoms with E-state index < -0.39 is 9.85 Å². The maximum absolute atomic E-state index is 10.9. The molecule has 11 heteroatoms. The molecule has 0 fully saturated rings. The second-order valence-corrected chi connectivity index (χ2v) is 9.40. The van der Waals surface area contributed by atoms with Gasteiger partial charge in [0.15, 0.2) is 0 Å². The van der Waals surface area contributed by atoms with Gasteiger partial charge in [-0.1, -0.05) is 12.1 Å². The predicted octanol–water partition coefficient (Wildman–Crippen LogP) is 6.81. The third-order valence-electron chi connectivity index (χ3n) is 6.78. The van der Waals surface area contributed by atoms with Crippen molar-refractivity contribution in [3.8, 4) is 11.5 Å². The SMILES string of the molecule is O=[N+]([O-])c1ccc(N2C=CN(c3cccc(Oc4cccc(N5C=CN(c6ccc([N+](=O)[O-])cc6)C5)c4)c3)C2)cc1. The van der Waals surface area contributed by atoms with Gasteiger partial charge in [0.25, 0.3) is 11.4 Å². The molecule has 0 amide bonds. The van der Waals surface area contributed by atoms with Crippen LogP contribution in [0.15, 0.2) is 122 Å². The summed E-state index contributed by atoms with van der Waals surface area (Å²) < 4.78 is 6.22. The van der Waals surface area contributed by atoms with Gasteiger partial charge in [-0.3, -0.25) is 20.2 Å². The van der Waals surface area contributed by atoms with Gasteiger partial charge in [0.05, 0.1) is 23.2 Å². The van der Waals surface area contributed by atoms with E-state index >= 15 is 0 Å². The highest BCUT2D eigenvalue weighted by Gasteiger charge is 2.19. The molecule has 11 nitrogen and oxygen atoms in total. The van der Waals surface area contributed by atoms with Gasteiger partial charge in [0.1, 0.15) is 11.5 Å². The van der Waals surface area contributed by atoms with E-state index in [0.29, 0.717) is 24.8 Å². The van der Waals surface area contributed by atoms with Crippen molar-refractivity contribution in [2.75, 3.05) is 32.9 Å². The van der Waals surface area contributed by atoms with Crippen LogP contribution < -0.4 is 24.3 Å². The van der Waals surface area contributed by atoms with Crippen molar-refractivity contribution >= 4 is 34.1 Å². The molecule has 0 saturated heterocycles. The number of benzene rings is 4. The van der Waals surface area contributed by atoms with Crippen molar-refractivity contribution in [1.82, 2.24) is 0 Å². The molecule has 0 aromatic heterocycles. The molecule has 0 radical (unpaired) electrons. The van der Waals surface area contributed by atoms with E-state index in [9.17, 15) is 20.2 Å². The lowest BCUT2D eigenvalue weighted by Crippen LogP contribution is -2.24. The first-order valence-corrected chi connectivity index (χ1v) is 12.7. The minimum atomic E-state index is -0.407. The Morgan fingerprint density at radius 1 is 0.512 bits per heavy atom. The first-order valence-electron chi connectivity index (χ1n) is 12.7. The molecule has 0 aliphatic carbocycles. The van der Waals surface area contributed by atoms with Crippen LogP contribution in [0.2, 0.25) is 0 Å². The summed E-state index contributed by atoms with van der Waals surface area (Å²) >= 11 is 0. The molecule has 0 saturated carbocycles. The van der Waals surface area contributed by atoms with Crippen molar-refractivity contribution in [2.24, 2.45) is 0 Å². The zero-order chi connectivity index (χ0) is 28.3. The normalized spacial score (nSPS) is 14.1. The summed E-state index contributed by atoms with van der Waals surface area (Å²) in [6.45, 7) is 1.12. The molecule has 2 aliphatic rings. The monoisotopic (exact) mass is 548 g/mol. The van der Waals surface area contributed by atoms with Crippen LogP contribution >= 0.6 is 0 Å². The van der Waals surface area contributed by atoms with E-state index in [2.05, 4.69) is 9.80 Å². The number of ether oxygens (including phenoxy) is 1. The first kappa shape index (κ1) is 25.4. The fraction of sp³-hybridized carbons (Fsp3) is 0.0667. The molecule has 4 aromatic rings. The molecule has 41 heavy (non-hydrogen) atoms. The molecule has 0 unspecified atom stereocenters. The lowest BCUT2D eigenvalue weighted by atomic mass is 10.2. The number of non-ortho nitro benzene ring substituents is 2. The average molecular weight is 549 g/mol. The maximum atomic E-state index is 10.9. The third-order valence-corrected chi connectivity index (χ3v) is 6.78. The minimum Gasteiger partial charge on any atom is -0.457 e. The van der Waals surface area contributed by atoms with Gasteiger partial charge in [-0.2, -0.15) is 0 Å². The topological polar surface area (TPSA) is 108 Å². The Kier molecular flexibility index (Phi) is 6.66. The third kappa shape index (κ3) is 5.50. The van der Waals surface area contributed by atoms with Crippen LogP contribution in [0.5, 0.6) is 11.5 Å². The number of anilines is 4. The fourth-order valence-corrected chi connectivity index (χ4v) is 4.63. The molecule has 6 rings (SSSR count). The van der Waals surface area contributed by atoms with Crippen molar-refractivity contribution in [3.63, 3.8) is 0 Å². The first-order chi connectivity index (χ1) is 19.9. The number of nitro benzene ring substituents is 2. The van der Waals surface area contributed by atoms with Crippen molar-refractivity contribution in [1.29, 1.82) is 0 Å². The number of hydrogen-bond acceptors (Lipinski definition) is 9. The molecule has 2 aliphatic heterocycles. The van der Waals surface area contributed by atoms with Gasteiger partial charge in [0, 0.05) is 83.9 Å². The number of nitro groups is 2. The lowest BCUT2D eigenvalue weighted by Gasteiger charge is -2.22. The van der Waals surface area contributed by atoms with E-state index in [1.54, 1.807) is 24.3 Å². The van der Waals surface area contributed by atoms with Gasteiger partial charge in [0.2, 0.25) is 0 Å². The standard InChI is InChI=1S/C30H24N6O5/c37-35(38)25-11-7-23(8-12-25)31-15-17-33(21-31)27-3-1-5-29(19-27)41-30-6-2-4-28(20-30)34-18-16-32(22-34)24-9-13-26(14-10-24)36(39)40/h1-20H,21-22H2. The van der Waals surface area contributed by atoms with Crippen LogP contribution in [0.3, 0.4) is 0 Å². The highest BCUT2D eigenvalue weighted by atomic mass is 16.6. The summed E-state index contributed by atoms with van der Waals surface area (Å²) in [5.41, 5.74) is 3.74. The zero-order valence-corrected chi connectivity index (χ0v) is 21.7. The largest absolute Gasteiger partial charge is 0.457 e. The number of hydrogen-bond donors (Lipinski definition) is 0. The van der Waals surface area contributed by atoms with E-state index in [1.165, 1.54) is 24.3 Å². The van der Waals surface area contributed by atoms with Gasteiger partial charge >= 0.3 is 0 Å². The Labute approximate surface area is 235 Å². The lowest BCUT2D eigenvalue weighted by molar-refractivity contribution is -0.385. The fourth-order valence-electron chi connectivity index (χ4n) is 4.63. The Balaban J connectivity index is 1.10. The molecule has 4 aromatic carbocycles. The van der Waals surface area contributed by atoms with Crippen LogP contribution in [0.1, 0.15) is 0 Å². The van der Waals surface area contributed by atoms with Gasteiger partial charge in [-0.05, 0) is 48.5 Å². The highest BCUT2D eigenvalue weighted by Crippen LogP contribution is 2.32. The second kappa shape index (κ2) is 10.7. The molecule has 0 spiro atoms. The van der Waals surface area contributed by atoms with Crippen molar-refractivity contribution in [2.45, 2.75) is 0 Å². The summed E-state index contributed by atoms with van der Waals surface area (Å²) in [6, 6.07) is 28.5. The smallest absolute Gasteiger partial charge is 0.269 e. The quantitative estimate of drug-likeness (QED) is 0.173. The number of nitrogens with zero attached hydrogens (tertiary/aromatic N) is 6. The average Bonchev–Trinajstić information content (AvgIpc) is 3.69. The van der Waals surface area contributed by atoms with Crippen LogP contribution in [0, 0.1) is 20.2 Å². The van der Waals surface area contributed by atoms with Crippen LogP contribution in [-0.4, -0.2) is 23.2 Å². The summed E-state index contributed by atoms with van der Waals surface area (Å²) in [6.07, 6.45) is 7.78. The molecular formula is C30H24N6O5. The van der Waals surface area contributed by atoms with E-state index in [0.717, 1.165) is 22.7 Å². The van der Waals surface area contributed by atoms with Gasteiger partial charge in [-0.25, -0.2) is 0 Å². The summed E-state index contributed by atoms with van der Waals surface area (Å²) in [4.78, 5) is 29.2. The molecule has 0 atom stereocenters. The Morgan fingerprint density at radius 2 is 0.878 bits per heavy atom. The molecule has 0 bridgehead atoms. The Morgan fingerprint density at radius 3 is 1.24 bits per heavy atom. The van der Waals surface area contributed by atoms with Crippen molar-refractivity contribution in [3.05, 3.63) is 142 Å². The Bertz CT molecular complexity index is 1530. The summed E-state index contributed by atoms with van der Waals surface area (Å²) in [5, 5.41) is 21.9. The van der Waals surface area contributed by atoms with Crippen LogP contribution in [0.4, 0.5) is 34.1 Å². The summed E-state index contributed by atoms with van der Waals surface area (Å²) in [7, 11) is 0. The molecule has 0 N–H and O–H groups in total. The van der Waals surface area contributed by atoms with E-state index in [1.807, 2.05) is 83.1 Å². The highest BCUT2D eigenvalue weighted by molar-refractivity contribution is 5.63. The van der Waals surface area contributed by atoms with Crippen LogP contribution in [-0.2, 0) is 0 Å². The number of rotatable bonds is 8. The molecule has 204 valence electrons.